The Morgan fingerprint density at radius 1 is 1.63 bits per heavy atom. The molecule has 1 fully saturated rings. The third-order valence-electron chi connectivity index (χ3n) is 3.49. The molecule has 0 radical (unpaired) electrons. The molecule has 1 aromatic rings. The fraction of sp³-hybridized carbons (Fsp3) is 0.692. The number of hydrogen-bond acceptors (Lipinski definition) is 3. The van der Waals surface area contributed by atoms with Crippen LogP contribution in [-0.2, 0) is 11.8 Å². The number of hydrogen-bond donors (Lipinski definition) is 1. The molecule has 1 atom stereocenters. The molecule has 1 saturated heterocycles. The fourth-order valence-corrected chi connectivity index (χ4v) is 2.47. The van der Waals surface area contributed by atoms with Crippen molar-refractivity contribution in [2.75, 3.05) is 40.4 Å². The highest BCUT2D eigenvalue weighted by Crippen LogP contribution is 2.26. The van der Waals surface area contributed by atoms with E-state index in [1.165, 1.54) is 5.56 Å². The molecule has 0 spiro atoms. The average molecular weight is 265 g/mol. The van der Waals surface area contributed by atoms with E-state index in [0.29, 0.717) is 12.5 Å². The second-order valence-corrected chi connectivity index (χ2v) is 4.85. The highest BCUT2D eigenvalue weighted by atomic mass is 16.5. The summed E-state index contributed by atoms with van der Waals surface area (Å²) in [7, 11) is 5.49. The van der Waals surface area contributed by atoms with E-state index in [1.807, 2.05) is 25.0 Å². The lowest BCUT2D eigenvalue weighted by molar-refractivity contribution is 0.203. The van der Waals surface area contributed by atoms with Gasteiger partial charge in [0.15, 0.2) is 5.96 Å². The van der Waals surface area contributed by atoms with Crippen LogP contribution in [0.3, 0.4) is 0 Å². The minimum Gasteiger partial charge on any atom is -0.383 e. The number of aromatic nitrogens is 2. The standard InChI is InChI=1S/C13H23N5O/c1-14-13(15-5-7-19-3)18-6-4-11(10-18)12-8-16-17(2)9-12/h8-9,11H,4-7,10H2,1-3H3,(H,14,15). The predicted molar refractivity (Wildman–Crippen MR) is 75.4 cm³/mol. The third kappa shape index (κ3) is 3.47. The summed E-state index contributed by atoms with van der Waals surface area (Å²) in [5, 5.41) is 7.57. The summed E-state index contributed by atoms with van der Waals surface area (Å²) in [6.45, 7) is 3.51. The number of aliphatic imine (C=N–C) groups is 1. The van der Waals surface area contributed by atoms with E-state index >= 15 is 0 Å². The normalized spacial score (nSPS) is 20.1. The molecule has 0 bridgehead atoms. The summed E-state index contributed by atoms with van der Waals surface area (Å²) < 4.78 is 6.91. The quantitative estimate of drug-likeness (QED) is 0.487. The van der Waals surface area contributed by atoms with E-state index in [-0.39, 0.29) is 0 Å². The highest BCUT2D eigenvalue weighted by Gasteiger charge is 2.26. The number of nitrogens with zero attached hydrogens (tertiary/aromatic N) is 4. The van der Waals surface area contributed by atoms with E-state index in [4.69, 9.17) is 4.74 Å². The second kappa shape index (κ2) is 6.56. The molecule has 0 aliphatic carbocycles. The van der Waals surface area contributed by atoms with Crippen LogP contribution in [0.15, 0.2) is 17.4 Å². The number of rotatable bonds is 4. The van der Waals surface area contributed by atoms with Gasteiger partial charge in [-0.1, -0.05) is 0 Å². The summed E-state index contributed by atoms with van der Waals surface area (Å²) in [5.74, 6) is 1.51. The molecule has 0 aromatic carbocycles. The van der Waals surface area contributed by atoms with Gasteiger partial charge >= 0.3 is 0 Å². The number of aryl methyl sites for hydroxylation is 1. The highest BCUT2D eigenvalue weighted by molar-refractivity contribution is 5.80. The summed E-state index contributed by atoms with van der Waals surface area (Å²) >= 11 is 0. The van der Waals surface area contributed by atoms with Crippen LogP contribution in [0.5, 0.6) is 0 Å². The van der Waals surface area contributed by atoms with Gasteiger partial charge < -0.3 is 15.0 Å². The summed E-state index contributed by atoms with van der Waals surface area (Å²) in [4.78, 5) is 6.63. The topological polar surface area (TPSA) is 54.7 Å². The molecule has 0 amide bonds. The van der Waals surface area contributed by atoms with Crippen LogP contribution in [0.2, 0.25) is 0 Å². The lowest BCUT2D eigenvalue weighted by Crippen LogP contribution is -2.41. The maximum atomic E-state index is 5.05. The van der Waals surface area contributed by atoms with E-state index in [2.05, 4.69) is 26.5 Å². The van der Waals surface area contributed by atoms with Gasteiger partial charge in [0.2, 0.25) is 0 Å². The zero-order valence-corrected chi connectivity index (χ0v) is 12.0. The first-order valence-electron chi connectivity index (χ1n) is 6.67. The van der Waals surface area contributed by atoms with E-state index in [0.717, 1.165) is 32.0 Å². The van der Waals surface area contributed by atoms with Gasteiger partial charge in [-0.05, 0) is 12.0 Å². The first kappa shape index (κ1) is 13.9. The van der Waals surface area contributed by atoms with Gasteiger partial charge in [0.1, 0.15) is 0 Å². The number of ether oxygens (including phenoxy) is 1. The van der Waals surface area contributed by atoms with Crippen molar-refractivity contribution in [3.63, 3.8) is 0 Å². The molecule has 0 saturated carbocycles. The minimum absolute atomic E-state index is 0.551. The largest absolute Gasteiger partial charge is 0.383 e. The zero-order chi connectivity index (χ0) is 13.7. The molecule has 2 rings (SSSR count). The molecule has 1 aromatic heterocycles. The number of nitrogens with one attached hydrogen (secondary N) is 1. The maximum Gasteiger partial charge on any atom is 0.193 e. The molecular formula is C13H23N5O. The maximum absolute atomic E-state index is 5.05. The Bertz CT molecular complexity index is 428. The monoisotopic (exact) mass is 265 g/mol. The molecule has 6 heteroatoms. The smallest absolute Gasteiger partial charge is 0.193 e. The van der Waals surface area contributed by atoms with Gasteiger partial charge in [0.25, 0.3) is 0 Å². The van der Waals surface area contributed by atoms with Gasteiger partial charge in [0, 0.05) is 53.0 Å². The average Bonchev–Trinajstić information content (AvgIpc) is 3.03. The van der Waals surface area contributed by atoms with Crippen molar-refractivity contribution >= 4 is 5.96 Å². The van der Waals surface area contributed by atoms with Crippen LogP contribution in [0.1, 0.15) is 17.9 Å². The Labute approximate surface area is 114 Å². The molecule has 2 heterocycles. The minimum atomic E-state index is 0.551. The molecule has 1 N–H and O–H groups in total. The van der Waals surface area contributed by atoms with Crippen LogP contribution >= 0.6 is 0 Å². The third-order valence-corrected chi connectivity index (χ3v) is 3.49. The lowest BCUT2D eigenvalue weighted by Gasteiger charge is -2.21. The Morgan fingerprint density at radius 2 is 2.47 bits per heavy atom. The Balaban J connectivity index is 1.89. The predicted octanol–water partition coefficient (Wildman–Crippen LogP) is 0.431. The van der Waals surface area contributed by atoms with Crippen molar-refractivity contribution in [3.05, 3.63) is 18.0 Å². The van der Waals surface area contributed by atoms with Crippen LogP contribution in [0.25, 0.3) is 0 Å². The molecule has 1 aliphatic heterocycles. The second-order valence-electron chi connectivity index (χ2n) is 4.85. The van der Waals surface area contributed by atoms with Gasteiger partial charge in [-0.15, -0.1) is 0 Å². The molecule has 1 unspecified atom stereocenters. The number of guanidine groups is 1. The van der Waals surface area contributed by atoms with Crippen molar-refractivity contribution in [1.29, 1.82) is 0 Å². The van der Waals surface area contributed by atoms with Crippen molar-refractivity contribution in [2.24, 2.45) is 12.0 Å². The van der Waals surface area contributed by atoms with Crippen molar-refractivity contribution in [3.8, 4) is 0 Å². The van der Waals surface area contributed by atoms with Gasteiger partial charge in [-0.2, -0.15) is 5.10 Å². The zero-order valence-electron chi connectivity index (χ0n) is 12.0. The van der Waals surface area contributed by atoms with Crippen LogP contribution in [0.4, 0.5) is 0 Å². The van der Waals surface area contributed by atoms with Crippen molar-refractivity contribution in [1.82, 2.24) is 20.0 Å². The summed E-state index contributed by atoms with van der Waals surface area (Å²) in [6.07, 6.45) is 5.22. The van der Waals surface area contributed by atoms with E-state index in [1.54, 1.807) is 7.11 Å². The van der Waals surface area contributed by atoms with Crippen LogP contribution in [0, 0.1) is 0 Å². The van der Waals surface area contributed by atoms with E-state index in [9.17, 15) is 0 Å². The van der Waals surface area contributed by atoms with Crippen molar-refractivity contribution < 1.29 is 4.74 Å². The molecular weight excluding hydrogens is 242 g/mol. The number of methoxy groups -OCH3 is 1. The molecule has 106 valence electrons. The van der Waals surface area contributed by atoms with Crippen LogP contribution < -0.4 is 5.32 Å². The van der Waals surface area contributed by atoms with Gasteiger partial charge in [-0.3, -0.25) is 9.67 Å². The Kier molecular flexibility index (Phi) is 4.79. The van der Waals surface area contributed by atoms with Gasteiger partial charge in [-0.25, -0.2) is 0 Å². The first-order chi connectivity index (χ1) is 9.24. The number of likely N-dealkylation sites (tertiary alicyclic amines) is 1. The SMILES string of the molecule is CN=C(NCCOC)N1CCC(c2cnn(C)c2)C1. The summed E-state index contributed by atoms with van der Waals surface area (Å²) in [6, 6.07) is 0. The van der Waals surface area contributed by atoms with Gasteiger partial charge in [0.05, 0.1) is 12.8 Å². The first-order valence-corrected chi connectivity index (χ1v) is 6.67. The van der Waals surface area contributed by atoms with E-state index < -0.39 is 0 Å². The molecule has 1 aliphatic rings. The molecule has 19 heavy (non-hydrogen) atoms. The Morgan fingerprint density at radius 3 is 3.11 bits per heavy atom. The Hall–Kier alpha value is -1.56. The van der Waals surface area contributed by atoms with Crippen LogP contribution in [-0.4, -0.2) is 61.0 Å². The fourth-order valence-electron chi connectivity index (χ4n) is 2.47. The lowest BCUT2D eigenvalue weighted by atomic mass is 10.0. The van der Waals surface area contributed by atoms with Crippen molar-refractivity contribution in [2.45, 2.75) is 12.3 Å². The molecule has 6 nitrogen and oxygen atoms in total. The summed E-state index contributed by atoms with van der Waals surface area (Å²) in [5.41, 5.74) is 1.32.